The van der Waals surface area contributed by atoms with Crippen LogP contribution in [0, 0.1) is 17.0 Å². The minimum absolute atomic E-state index is 0.0467. The molecule has 0 aliphatic heterocycles. The Morgan fingerprint density at radius 2 is 1.78 bits per heavy atom. The molecule has 3 aromatic carbocycles. The average Bonchev–Trinajstić information content (AvgIpc) is 2.76. The third-order valence-electron chi connectivity index (χ3n) is 4.35. The number of nitrogens with zero attached hydrogens (tertiary/aromatic N) is 2. The first-order chi connectivity index (χ1) is 15.2. The largest absolute Gasteiger partial charge is 0.502 e. The molecule has 0 radical (unpaired) electrons. The number of nitro benzene ring substituents is 1. The maximum atomic E-state index is 12.4. The molecule has 0 atom stereocenters. The lowest BCUT2D eigenvalue weighted by molar-refractivity contribution is -0.385. The number of hydrazone groups is 1. The van der Waals surface area contributed by atoms with Gasteiger partial charge in [0.05, 0.1) is 11.1 Å². The van der Waals surface area contributed by atoms with E-state index in [1.165, 1.54) is 18.2 Å². The van der Waals surface area contributed by atoms with E-state index in [2.05, 4.69) is 31.8 Å². The summed E-state index contributed by atoms with van der Waals surface area (Å²) in [5.41, 5.74) is 4.00. The van der Waals surface area contributed by atoms with E-state index >= 15 is 0 Å². The van der Waals surface area contributed by atoms with Crippen LogP contribution in [0.4, 0.5) is 11.4 Å². The normalized spacial score (nSPS) is 10.7. The molecule has 3 aromatic rings. The number of hydrogen-bond donors (Lipinski definition) is 3. The Morgan fingerprint density at radius 3 is 2.47 bits per heavy atom. The molecule has 2 amide bonds. The number of halogens is 1. The molecule has 0 fully saturated rings. The summed E-state index contributed by atoms with van der Waals surface area (Å²) < 4.78 is 0.367. The molecule has 0 saturated carbocycles. The number of nitro groups is 1. The number of carbonyl (C=O) groups excluding carboxylic acids is 2. The molecule has 3 rings (SSSR count). The third-order valence-corrected chi connectivity index (χ3v) is 4.80. The van der Waals surface area contributed by atoms with Crippen LogP contribution in [0.25, 0.3) is 0 Å². The van der Waals surface area contributed by atoms with Crippen molar-refractivity contribution >= 4 is 45.3 Å². The number of phenols is 1. The van der Waals surface area contributed by atoms with Crippen molar-refractivity contribution in [1.29, 1.82) is 0 Å². The van der Waals surface area contributed by atoms with E-state index < -0.39 is 22.3 Å². The van der Waals surface area contributed by atoms with Crippen molar-refractivity contribution in [3.8, 4) is 5.75 Å². The molecular weight excluding hydrogens is 480 g/mol. The monoisotopic (exact) mass is 496 g/mol. The van der Waals surface area contributed by atoms with Crippen LogP contribution >= 0.6 is 15.9 Å². The first kappa shape index (κ1) is 22.6. The highest BCUT2D eigenvalue weighted by Gasteiger charge is 2.17. The van der Waals surface area contributed by atoms with Crippen LogP contribution in [0.1, 0.15) is 31.8 Å². The molecular formula is C22H17BrN4O5. The summed E-state index contributed by atoms with van der Waals surface area (Å²) in [5.74, 6) is -1.46. The predicted octanol–water partition coefficient (Wildman–Crippen LogP) is 4.39. The molecule has 0 aliphatic rings. The minimum Gasteiger partial charge on any atom is -0.502 e. The molecule has 0 saturated heterocycles. The molecule has 0 aliphatic carbocycles. The fraction of sp³-hybridized carbons (Fsp3) is 0.0455. The SMILES string of the molecule is Cc1ccc(C(=O)Nc2cccc(C(=O)NN=Cc3cc(Br)cc([N+](=O)[O-])c3O)c2)cc1. The number of rotatable bonds is 6. The Morgan fingerprint density at radius 1 is 1.06 bits per heavy atom. The number of anilines is 1. The Balaban J connectivity index is 1.69. The molecule has 3 N–H and O–H groups in total. The van der Waals surface area contributed by atoms with Crippen molar-refractivity contribution in [3.05, 3.63) is 97.5 Å². The second kappa shape index (κ2) is 9.84. The Hall–Kier alpha value is -4.05. The first-order valence-corrected chi connectivity index (χ1v) is 10.0. The molecule has 0 heterocycles. The van der Waals surface area contributed by atoms with Gasteiger partial charge < -0.3 is 10.4 Å². The molecule has 10 heteroatoms. The molecule has 0 aromatic heterocycles. The molecule has 0 unspecified atom stereocenters. The van der Waals surface area contributed by atoms with Gasteiger partial charge in [-0.25, -0.2) is 5.43 Å². The van der Waals surface area contributed by atoms with E-state index in [1.54, 1.807) is 24.3 Å². The van der Waals surface area contributed by atoms with Gasteiger partial charge in [0, 0.05) is 32.9 Å². The molecule has 9 nitrogen and oxygen atoms in total. The van der Waals surface area contributed by atoms with E-state index in [0.717, 1.165) is 17.8 Å². The molecule has 162 valence electrons. The van der Waals surface area contributed by atoms with Crippen molar-refractivity contribution < 1.29 is 19.6 Å². The van der Waals surface area contributed by atoms with Gasteiger partial charge in [-0.2, -0.15) is 5.10 Å². The number of aryl methyl sites for hydroxylation is 1. The van der Waals surface area contributed by atoms with Crippen molar-refractivity contribution in [2.24, 2.45) is 5.10 Å². The average molecular weight is 497 g/mol. The van der Waals surface area contributed by atoms with Gasteiger partial charge in [-0.15, -0.1) is 0 Å². The zero-order valence-corrected chi connectivity index (χ0v) is 18.3. The van der Waals surface area contributed by atoms with Gasteiger partial charge in [-0.3, -0.25) is 19.7 Å². The third kappa shape index (κ3) is 5.55. The minimum atomic E-state index is -0.730. The summed E-state index contributed by atoms with van der Waals surface area (Å²) in [7, 11) is 0. The summed E-state index contributed by atoms with van der Waals surface area (Å²) in [6.07, 6.45) is 1.09. The zero-order valence-electron chi connectivity index (χ0n) is 16.7. The van der Waals surface area contributed by atoms with E-state index in [4.69, 9.17) is 0 Å². The van der Waals surface area contributed by atoms with E-state index in [1.807, 2.05) is 19.1 Å². The van der Waals surface area contributed by atoms with Crippen LogP contribution in [-0.2, 0) is 0 Å². The lowest BCUT2D eigenvalue weighted by Crippen LogP contribution is -2.18. The lowest BCUT2D eigenvalue weighted by atomic mass is 10.1. The van der Waals surface area contributed by atoms with E-state index in [9.17, 15) is 24.8 Å². The smallest absolute Gasteiger partial charge is 0.312 e. The Labute approximate surface area is 191 Å². The highest BCUT2D eigenvalue weighted by molar-refractivity contribution is 9.10. The number of carbonyl (C=O) groups is 2. The summed E-state index contributed by atoms with van der Waals surface area (Å²) >= 11 is 3.12. The standard InChI is InChI=1S/C22H17BrN4O5/c1-13-5-7-14(8-6-13)21(29)25-18-4-2-3-15(10-18)22(30)26-24-12-16-9-17(23)11-19(20(16)28)27(31)32/h2-12,28H,1H3,(H,25,29)(H,26,30). The van der Waals surface area contributed by atoms with Crippen LogP contribution in [-0.4, -0.2) is 28.1 Å². The van der Waals surface area contributed by atoms with Crippen LogP contribution in [0.5, 0.6) is 5.75 Å². The van der Waals surface area contributed by atoms with Crippen LogP contribution in [0.2, 0.25) is 0 Å². The fourth-order valence-electron chi connectivity index (χ4n) is 2.71. The van der Waals surface area contributed by atoms with Gasteiger partial charge in [-0.05, 0) is 43.3 Å². The second-order valence-electron chi connectivity index (χ2n) is 6.72. The van der Waals surface area contributed by atoms with Crippen LogP contribution in [0.3, 0.4) is 0 Å². The van der Waals surface area contributed by atoms with Crippen molar-refractivity contribution in [1.82, 2.24) is 5.43 Å². The molecule has 32 heavy (non-hydrogen) atoms. The van der Waals surface area contributed by atoms with Gasteiger partial charge in [0.1, 0.15) is 0 Å². The molecule has 0 spiro atoms. The topological polar surface area (TPSA) is 134 Å². The fourth-order valence-corrected chi connectivity index (χ4v) is 3.18. The predicted molar refractivity (Wildman–Crippen MR) is 123 cm³/mol. The van der Waals surface area contributed by atoms with Crippen molar-refractivity contribution in [2.75, 3.05) is 5.32 Å². The maximum Gasteiger partial charge on any atom is 0.312 e. The number of amides is 2. The number of hydrogen-bond acceptors (Lipinski definition) is 6. The van der Waals surface area contributed by atoms with Crippen molar-refractivity contribution in [2.45, 2.75) is 6.92 Å². The number of aromatic hydroxyl groups is 1. The van der Waals surface area contributed by atoms with E-state index in [-0.39, 0.29) is 17.0 Å². The number of nitrogens with one attached hydrogen (secondary N) is 2. The van der Waals surface area contributed by atoms with E-state index in [0.29, 0.717) is 15.7 Å². The number of phenolic OH excluding ortho intramolecular Hbond substituents is 1. The summed E-state index contributed by atoms with van der Waals surface area (Å²) in [6.45, 7) is 1.92. The van der Waals surface area contributed by atoms with Crippen molar-refractivity contribution in [3.63, 3.8) is 0 Å². The van der Waals surface area contributed by atoms with Gasteiger partial charge in [0.15, 0.2) is 0 Å². The summed E-state index contributed by atoms with van der Waals surface area (Å²) in [5, 5.41) is 27.5. The first-order valence-electron chi connectivity index (χ1n) is 9.23. The summed E-state index contributed by atoms with van der Waals surface area (Å²) in [6, 6.07) is 15.9. The Bertz CT molecular complexity index is 1230. The van der Waals surface area contributed by atoms with Gasteiger partial charge in [0.25, 0.3) is 11.8 Å². The molecule has 0 bridgehead atoms. The van der Waals surface area contributed by atoms with Gasteiger partial charge >= 0.3 is 5.69 Å². The van der Waals surface area contributed by atoms with Gasteiger partial charge in [-0.1, -0.05) is 39.7 Å². The maximum absolute atomic E-state index is 12.4. The van der Waals surface area contributed by atoms with Gasteiger partial charge in [0.2, 0.25) is 5.75 Å². The van der Waals surface area contributed by atoms with Crippen LogP contribution in [0.15, 0.2) is 70.2 Å². The Kier molecular flexibility index (Phi) is 6.96. The highest BCUT2D eigenvalue weighted by Crippen LogP contribution is 2.32. The van der Waals surface area contributed by atoms with Crippen LogP contribution < -0.4 is 10.7 Å². The second-order valence-corrected chi connectivity index (χ2v) is 7.64. The zero-order chi connectivity index (χ0) is 23.3. The number of benzene rings is 3. The summed E-state index contributed by atoms with van der Waals surface area (Å²) in [4.78, 5) is 35.0. The quantitative estimate of drug-likeness (QED) is 0.264. The highest BCUT2D eigenvalue weighted by atomic mass is 79.9. The lowest BCUT2D eigenvalue weighted by Gasteiger charge is -2.07.